The minimum absolute atomic E-state index is 0.185. The van der Waals surface area contributed by atoms with Crippen LogP contribution in [-0.4, -0.2) is 4.98 Å². The van der Waals surface area contributed by atoms with Crippen LogP contribution in [0.15, 0.2) is 77.0 Å². The van der Waals surface area contributed by atoms with E-state index in [9.17, 15) is 0 Å². The number of fused-ring (bicyclic) bond motifs is 2. The summed E-state index contributed by atoms with van der Waals surface area (Å²) in [4.78, 5) is 4.56. The Kier molecular flexibility index (Phi) is 5.05. The summed E-state index contributed by atoms with van der Waals surface area (Å²) in [6, 6.07) is 12.8. The maximum Gasteiger partial charge on any atom is 0.106 e. The molecule has 0 bridgehead atoms. The number of nitrogens with zero attached hydrogens (tertiary/aromatic N) is 1. The third kappa shape index (κ3) is 3.29. The predicted octanol–water partition coefficient (Wildman–Crippen LogP) is 6.49. The monoisotopic (exact) mass is 420 g/mol. The van der Waals surface area contributed by atoms with E-state index in [1.165, 1.54) is 40.8 Å². The van der Waals surface area contributed by atoms with Gasteiger partial charge >= 0.3 is 0 Å². The standard InChI is InChI=1S/C24H25BrN2/c1-3-4-7-18-12-14-24(17(18)2)15-13-19-8-5-10-21(23(19)24)26-16-20-9-6-11-22(25)27-20/h3-11,26H,1,12-16H2,2H3/b7-4-/t24-/m1/s1. The van der Waals surface area contributed by atoms with E-state index in [-0.39, 0.29) is 5.41 Å². The van der Waals surface area contributed by atoms with Gasteiger partial charge in [0, 0.05) is 11.1 Å². The summed E-state index contributed by atoms with van der Waals surface area (Å²) >= 11 is 3.46. The Labute approximate surface area is 170 Å². The third-order valence-corrected chi connectivity index (χ3v) is 6.58. The van der Waals surface area contributed by atoms with Crippen LogP contribution in [0.4, 0.5) is 5.69 Å². The summed E-state index contributed by atoms with van der Waals surface area (Å²) in [7, 11) is 0. The molecule has 0 radical (unpaired) electrons. The second-order valence-electron chi connectivity index (χ2n) is 7.47. The highest BCUT2D eigenvalue weighted by Gasteiger charge is 2.45. The fraction of sp³-hybridized carbons (Fsp3) is 0.292. The molecular formula is C24H25BrN2. The molecule has 1 N–H and O–H groups in total. The Morgan fingerprint density at radius 1 is 1.19 bits per heavy atom. The van der Waals surface area contributed by atoms with Crippen LogP contribution in [0.1, 0.15) is 43.0 Å². The Hall–Kier alpha value is -2.13. The van der Waals surface area contributed by atoms with Gasteiger partial charge in [-0.25, -0.2) is 4.98 Å². The second kappa shape index (κ2) is 7.47. The molecule has 0 aliphatic heterocycles. The number of anilines is 1. The molecule has 27 heavy (non-hydrogen) atoms. The molecule has 0 fully saturated rings. The summed E-state index contributed by atoms with van der Waals surface area (Å²) in [5.41, 5.74) is 8.52. The molecular weight excluding hydrogens is 396 g/mol. The van der Waals surface area contributed by atoms with Crippen molar-refractivity contribution in [2.45, 2.75) is 44.6 Å². The summed E-state index contributed by atoms with van der Waals surface area (Å²) in [5.74, 6) is 0. The van der Waals surface area contributed by atoms with Crippen LogP contribution in [0.3, 0.4) is 0 Å². The minimum atomic E-state index is 0.185. The second-order valence-corrected chi connectivity index (χ2v) is 8.28. The molecule has 0 amide bonds. The van der Waals surface area contributed by atoms with Crippen molar-refractivity contribution >= 4 is 21.6 Å². The van der Waals surface area contributed by atoms with Crippen molar-refractivity contribution in [3.05, 3.63) is 93.8 Å². The highest BCUT2D eigenvalue weighted by Crippen LogP contribution is 2.55. The van der Waals surface area contributed by atoms with Crippen LogP contribution >= 0.6 is 15.9 Å². The lowest BCUT2D eigenvalue weighted by Gasteiger charge is -2.30. The van der Waals surface area contributed by atoms with Gasteiger partial charge in [-0.05, 0) is 83.4 Å². The van der Waals surface area contributed by atoms with Gasteiger partial charge < -0.3 is 5.32 Å². The van der Waals surface area contributed by atoms with Crippen LogP contribution in [0.5, 0.6) is 0 Å². The normalized spacial score (nSPS) is 21.3. The Morgan fingerprint density at radius 2 is 2.00 bits per heavy atom. The van der Waals surface area contributed by atoms with Gasteiger partial charge in [-0.15, -0.1) is 0 Å². The minimum Gasteiger partial charge on any atom is -0.379 e. The summed E-state index contributed by atoms with van der Waals surface area (Å²) in [5, 5.41) is 3.68. The molecule has 1 spiro atoms. The van der Waals surface area contributed by atoms with Crippen molar-refractivity contribution in [2.24, 2.45) is 0 Å². The van der Waals surface area contributed by atoms with Crippen molar-refractivity contribution in [3.8, 4) is 0 Å². The van der Waals surface area contributed by atoms with Gasteiger partial charge in [-0.3, -0.25) is 0 Å². The lowest BCUT2D eigenvalue weighted by atomic mass is 9.75. The molecule has 2 aliphatic carbocycles. The smallest absolute Gasteiger partial charge is 0.106 e. The van der Waals surface area contributed by atoms with Crippen LogP contribution in [-0.2, 0) is 18.4 Å². The molecule has 3 heteroatoms. The summed E-state index contributed by atoms with van der Waals surface area (Å²) in [6.45, 7) is 6.88. The molecule has 0 saturated heterocycles. The molecule has 4 rings (SSSR count). The number of halogens is 1. The van der Waals surface area contributed by atoms with Crippen LogP contribution < -0.4 is 5.32 Å². The number of rotatable bonds is 5. The Morgan fingerprint density at radius 3 is 2.81 bits per heavy atom. The van der Waals surface area contributed by atoms with Gasteiger partial charge in [0.15, 0.2) is 0 Å². The molecule has 1 heterocycles. The molecule has 138 valence electrons. The zero-order valence-electron chi connectivity index (χ0n) is 15.8. The van der Waals surface area contributed by atoms with Crippen LogP contribution in [0.2, 0.25) is 0 Å². The summed E-state index contributed by atoms with van der Waals surface area (Å²) in [6.07, 6.45) is 10.9. The molecule has 2 aliphatic rings. The maximum absolute atomic E-state index is 4.56. The highest BCUT2D eigenvalue weighted by atomic mass is 79.9. The predicted molar refractivity (Wildman–Crippen MR) is 117 cm³/mol. The number of hydrogen-bond acceptors (Lipinski definition) is 2. The van der Waals surface area contributed by atoms with Crippen LogP contribution in [0, 0.1) is 0 Å². The van der Waals surface area contributed by atoms with Crippen LogP contribution in [0.25, 0.3) is 0 Å². The molecule has 1 atom stereocenters. The maximum atomic E-state index is 4.56. The van der Waals surface area contributed by atoms with Gasteiger partial charge in [0.05, 0.1) is 12.2 Å². The van der Waals surface area contributed by atoms with E-state index in [4.69, 9.17) is 0 Å². The van der Waals surface area contributed by atoms with Gasteiger partial charge in [0.2, 0.25) is 0 Å². The first-order chi connectivity index (χ1) is 13.1. The average molecular weight is 421 g/mol. The topological polar surface area (TPSA) is 24.9 Å². The summed E-state index contributed by atoms with van der Waals surface area (Å²) < 4.78 is 0.879. The first-order valence-electron chi connectivity index (χ1n) is 9.61. The van der Waals surface area contributed by atoms with E-state index in [0.717, 1.165) is 29.7 Å². The molecule has 0 unspecified atom stereocenters. The van der Waals surface area contributed by atoms with Crippen molar-refractivity contribution in [3.63, 3.8) is 0 Å². The number of aromatic nitrogens is 1. The Bertz CT molecular complexity index is 941. The first kappa shape index (κ1) is 18.2. The average Bonchev–Trinajstić information content (AvgIpc) is 3.21. The van der Waals surface area contributed by atoms with Gasteiger partial charge in [0.25, 0.3) is 0 Å². The Balaban J connectivity index is 1.68. The van der Waals surface area contributed by atoms with Gasteiger partial charge in [-0.2, -0.15) is 0 Å². The number of pyridine rings is 1. The molecule has 2 aromatic rings. The van der Waals surface area contributed by atoms with Crippen molar-refractivity contribution < 1.29 is 0 Å². The lowest BCUT2D eigenvalue weighted by molar-refractivity contribution is 0.494. The number of nitrogens with one attached hydrogen (secondary N) is 1. The SMILES string of the molecule is C=C/C=C\C1=C(C)[C@@]2(CC1)CCc1cccc(NCc3cccc(Br)n3)c12. The largest absolute Gasteiger partial charge is 0.379 e. The van der Waals surface area contributed by atoms with E-state index >= 15 is 0 Å². The van der Waals surface area contributed by atoms with Crippen molar-refractivity contribution in [2.75, 3.05) is 5.32 Å². The van der Waals surface area contributed by atoms with Gasteiger partial charge in [0.1, 0.15) is 4.60 Å². The lowest BCUT2D eigenvalue weighted by Crippen LogP contribution is -2.23. The molecule has 1 aromatic heterocycles. The number of benzene rings is 1. The zero-order chi connectivity index (χ0) is 18.9. The fourth-order valence-electron chi connectivity index (χ4n) is 4.78. The molecule has 1 aromatic carbocycles. The fourth-order valence-corrected chi connectivity index (χ4v) is 5.16. The third-order valence-electron chi connectivity index (χ3n) is 6.14. The zero-order valence-corrected chi connectivity index (χ0v) is 17.3. The van der Waals surface area contributed by atoms with Gasteiger partial charge in [-0.1, -0.05) is 48.6 Å². The number of hydrogen-bond donors (Lipinski definition) is 1. The van der Waals surface area contributed by atoms with E-state index in [1.54, 1.807) is 0 Å². The first-order valence-corrected chi connectivity index (χ1v) is 10.4. The molecule has 0 saturated carbocycles. The molecule has 2 nitrogen and oxygen atoms in total. The van der Waals surface area contributed by atoms with E-state index in [1.807, 2.05) is 18.2 Å². The quantitative estimate of drug-likeness (QED) is 0.441. The number of allylic oxidation sites excluding steroid dienone is 5. The van der Waals surface area contributed by atoms with Crippen molar-refractivity contribution in [1.82, 2.24) is 4.98 Å². The van der Waals surface area contributed by atoms with E-state index < -0.39 is 0 Å². The highest BCUT2D eigenvalue weighted by molar-refractivity contribution is 9.10. The number of aryl methyl sites for hydroxylation is 1. The van der Waals surface area contributed by atoms with E-state index in [2.05, 4.69) is 76.2 Å². The van der Waals surface area contributed by atoms with E-state index in [0.29, 0.717) is 0 Å². The van der Waals surface area contributed by atoms with Crippen molar-refractivity contribution in [1.29, 1.82) is 0 Å².